The number of aliphatic carboxylic acids is 1. The minimum Gasteiger partial charge on any atom is -0.481 e. The first-order chi connectivity index (χ1) is 10.9. The van der Waals surface area contributed by atoms with E-state index in [0.717, 1.165) is 16.0 Å². The molecule has 0 spiro atoms. The van der Waals surface area contributed by atoms with E-state index in [2.05, 4.69) is 0 Å². The number of carboxylic acids is 1. The maximum atomic E-state index is 12.4. The van der Waals surface area contributed by atoms with Gasteiger partial charge in [-0.1, -0.05) is 23.7 Å². The molecule has 0 fully saturated rings. The molecule has 0 aliphatic heterocycles. The molecule has 0 unspecified atom stereocenters. The van der Waals surface area contributed by atoms with Crippen LogP contribution in [0.3, 0.4) is 0 Å². The highest BCUT2D eigenvalue weighted by molar-refractivity contribution is 7.17. The predicted molar refractivity (Wildman–Crippen MR) is 93.3 cm³/mol. The number of benzene rings is 1. The SMILES string of the molecule is Cc1cc(C(=O)N(C)CCCC(=O)O)sc1-c1cccc(Cl)c1. The molecule has 1 amide bonds. The Morgan fingerprint density at radius 2 is 2.04 bits per heavy atom. The Labute approximate surface area is 144 Å². The van der Waals surface area contributed by atoms with E-state index < -0.39 is 5.97 Å². The lowest BCUT2D eigenvalue weighted by Crippen LogP contribution is -2.27. The highest BCUT2D eigenvalue weighted by atomic mass is 35.5. The molecule has 4 nitrogen and oxygen atoms in total. The third-order valence-corrected chi connectivity index (χ3v) is 4.96. The number of carboxylic acid groups (broad SMARTS) is 1. The smallest absolute Gasteiger partial charge is 0.303 e. The van der Waals surface area contributed by atoms with E-state index in [9.17, 15) is 9.59 Å². The number of amides is 1. The number of hydrogen-bond donors (Lipinski definition) is 1. The van der Waals surface area contributed by atoms with E-state index >= 15 is 0 Å². The number of aryl methyl sites for hydroxylation is 1. The van der Waals surface area contributed by atoms with Crippen LogP contribution in [0.4, 0.5) is 0 Å². The van der Waals surface area contributed by atoms with Gasteiger partial charge in [-0.3, -0.25) is 9.59 Å². The van der Waals surface area contributed by atoms with Crippen molar-refractivity contribution >= 4 is 34.8 Å². The van der Waals surface area contributed by atoms with E-state index in [1.54, 1.807) is 11.9 Å². The minimum absolute atomic E-state index is 0.0643. The van der Waals surface area contributed by atoms with Crippen LogP contribution in [0.15, 0.2) is 30.3 Å². The first kappa shape index (κ1) is 17.5. The van der Waals surface area contributed by atoms with Crippen molar-refractivity contribution in [3.05, 3.63) is 45.8 Å². The van der Waals surface area contributed by atoms with Gasteiger partial charge in [-0.05, 0) is 42.7 Å². The summed E-state index contributed by atoms with van der Waals surface area (Å²) in [5.41, 5.74) is 2.02. The molecule has 2 rings (SSSR count). The van der Waals surface area contributed by atoms with Crippen molar-refractivity contribution in [2.24, 2.45) is 0 Å². The van der Waals surface area contributed by atoms with E-state index in [4.69, 9.17) is 16.7 Å². The molecule has 0 aliphatic carbocycles. The van der Waals surface area contributed by atoms with Crippen LogP contribution >= 0.6 is 22.9 Å². The van der Waals surface area contributed by atoms with Gasteiger partial charge in [0.15, 0.2) is 0 Å². The van der Waals surface area contributed by atoms with Crippen molar-refractivity contribution in [3.8, 4) is 10.4 Å². The molecule has 1 aromatic carbocycles. The molecule has 122 valence electrons. The van der Waals surface area contributed by atoms with E-state index in [0.29, 0.717) is 22.9 Å². The largest absolute Gasteiger partial charge is 0.481 e. The zero-order chi connectivity index (χ0) is 17.0. The summed E-state index contributed by atoms with van der Waals surface area (Å²) in [6.07, 6.45) is 0.512. The number of hydrogen-bond acceptors (Lipinski definition) is 3. The number of halogens is 1. The Bertz CT molecular complexity index is 726. The van der Waals surface area contributed by atoms with Crippen LogP contribution in [-0.2, 0) is 4.79 Å². The molecule has 0 bridgehead atoms. The third kappa shape index (κ3) is 4.56. The van der Waals surface area contributed by atoms with Gasteiger partial charge in [0.25, 0.3) is 5.91 Å². The quantitative estimate of drug-likeness (QED) is 0.843. The molecule has 23 heavy (non-hydrogen) atoms. The second-order valence-electron chi connectivity index (χ2n) is 5.36. The van der Waals surface area contributed by atoms with Crippen molar-refractivity contribution in [1.82, 2.24) is 4.90 Å². The molecule has 1 N–H and O–H groups in total. The van der Waals surface area contributed by atoms with E-state index in [1.165, 1.54) is 11.3 Å². The van der Waals surface area contributed by atoms with Gasteiger partial charge in [0.2, 0.25) is 0 Å². The van der Waals surface area contributed by atoms with Gasteiger partial charge in [0.1, 0.15) is 0 Å². The summed E-state index contributed by atoms with van der Waals surface area (Å²) < 4.78 is 0. The molecule has 1 aromatic heterocycles. The Hall–Kier alpha value is -1.85. The highest BCUT2D eigenvalue weighted by Gasteiger charge is 2.17. The van der Waals surface area contributed by atoms with Crippen LogP contribution in [0.2, 0.25) is 5.02 Å². The van der Waals surface area contributed by atoms with Crippen molar-refractivity contribution in [3.63, 3.8) is 0 Å². The average molecular weight is 352 g/mol. The van der Waals surface area contributed by atoms with Crippen LogP contribution in [0.5, 0.6) is 0 Å². The van der Waals surface area contributed by atoms with Gasteiger partial charge in [-0.15, -0.1) is 11.3 Å². The normalized spacial score (nSPS) is 10.6. The van der Waals surface area contributed by atoms with Crippen LogP contribution in [0.1, 0.15) is 28.1 Å². The monoisotopic (exact) mass is 351 g/mol. The topological polar surface area (TPSA) is 57.6 Å². The van der Waals surface area contributed by atoms with Gasteiger partial charge in [-0.2, -0.15) is 0 Å². The molecular weight excluding hydrogens is 334 g/mol. The van der Waals surface area contributed by atoms with Crippen LogP contribution in [-0.4, -0.2) is 35.5 Å². The summed E-state index contributed by atoms with van der Waals surface area (Å²) >= 11 is 7.46. The second-order valence-corrected chi connectivity index (χ2v) is 6.85. The number of carbonyl (C=O) groups is 2. The first-order valence-corrected chi connectivity index (χ1v) is 8.41. The van der Waals surface area contributed by atoms with E-state index in [1.807, 2.05) is 37.3 Å². The summed E-state index contributed by atoms with van der Waals surface area (Å²) in [5, 5.41) is 9.32. The van der Waals surface area contributed by atoms with Gasteiger partial charge in [-0.25, -0.2) is 0 Å². The van der Waals surface area contributed by atoms with Crippen molar-refractivity contribution < 1.29 is 14.7 Å². The highest BCUT2D eigenvalue weighted by Crippen LogP contribution is 2.34. The van der Waals surface area contributed by atoms with Crippen LogP contribution in [0.25, 0.3) is 10.4 Å². The molecule has 0 saturated carbocycles. The number of thiophene rings is 1. The molecule has 0 saturated heterocycles. The summed E-state index contributed by atoms with van der Waals surface area (Å²) in [7, 11) is 1.69. The standard InChI is InChI=1S/C17H18ClNO3S/c1-11-9-14(17(22)19(2)8-4-7-15(20)21)23-16(11)12-5-3-6-13(18)10-12/h3,5-6,9-10H,4,7-8H2,1-2H3,(H,20,21). The fourth-order valence-electron chi connectivity index (χ4n) is 2.26. The van der Waals surface area contributed by atoms with Gasteiger partial charge in [0, 0.05) is 29.9 Å². The van der Waals surface area contributed by atoms with Crippen molar-refractivity contribution in [1.29, 1.82) is 0 Å². The molecular formula is C17H18ClNO3S. The maximum Gasteiger partial charge on any atom is 0.303 e. The molecule has 0 atom stereocenters. The van der Waals surface area contributed by atoms with Crippen LogP contribution < -0.4 is 0 Å². The lowest BCUT2D eigenvalue weighted by molar-refractivity contribution is -0.137. The first-order valence-electron chi connectivity index (χ1n) is 7.22. The Kier molecular flexibility index (Phi) is 5.80. The molecule has 2 aromatic rings. The van der Waals surface area contributed by atoms with Crippen LogP contribution in [0, 0.1) is 6.92 Å². The maximum absolute atomic E-state index is 12.4. The zero-order valence-corrected chi connectivity index (χ0v) is 14.6. The van der Waals surface area contributed by atoms with Gasteiger partial charge >= 0.3 is 5.97 Å². The Morgan fingerprint density at radius 3 is 2.70 bits per heavy atom. The molecule has 6 heteroatoms. The Morgan fingerprint density at radius 1 is 1.30 bits per heavy atom. The van der Waals surface area contributed by atoms with Gasteiger partial charge < -0.3 is 10.0 Å². The second kappa shape index (κ2) is 7.62. The fraction of sp³-hybridized carbons (Fsp3) is 0.294. The molecule has 0 radical (unpaired) electrons. The fourth-order valence-corrected chi connectivity index (χ4v) is 3.61. The average Bonchev–Trinajstić information content (AvgIpc) is 2.88. The van der Waals surface area contributed by atoms with Crippen molar-refractivity contribution in [2.45, 2.75) is 19.8 Å². The summed E-state index contributed by atoms with van der Waals surface area (Å²) in [5.74, 6) is -0.933. The number of carbonyl (C=O) groups excluding carboxylic acids is 1. The van der Waals surface area contributed by atoms with Gasteiger partial charge in [0.05, 0.1) is 4.88 Å². The lowest BCUT2D eigenvalue weighted by Gasteiger charge is -2.15. The number of nitrogens with zero attached hydrogens (tertiary/aromatic N) is 1. The number of rotatable bonds is 6. The predicted octanol–water partition coefficient (Wildman–Crippen LogP) is 4.31. The molecule has 0 aliphatic rings. The zero-order valence-electron chi connectivity index (χ0n) is 13.0. The molecule has 1 heterocycles. The lowest BCUT2D eigenvalue weighted by atomic mass is 10.1. The minimum atomic E-state index is -0.846. The Balaban J connectivity index is 2.13. The van der Waals surface area contributed by atoms with E-state index in [-0.39, 0.29) is 12.3 Å². The summed E-state index contributed by atoms with van der Waals surface area (Å²) in [6, 6.07) is 9.42. The summed E-state index contributed by atoms with van der Waals surface area (Å²) in [6.45, 7) is 2.39. The summed E-state index contributed by atoms with van der Waals surface area (Å²) in [4.78, 5) is 26.2. The van der Waals surface area contributed by atoms with Crippen molar-refractivity contribution in [2.75, 3.05) is 13.6 Å². The third-order valence-electron chi connectivity index (χ3n) is 3.45.